The van der Waals surface area contributed by atoms with Crippen molar-refractivity contribution in [3.8, 4) is 5.06 Å². The Morgan fingerprint density at radius 1 is 1.41 bits per heavy atom. The monoisotopic (exact) mass is 407 g/mol. The molecule has 1 unspecified atom stereocenters. The summed E-state index contributed by atoms with van der Waals surface area (Å²) in [6, 6.07) is 8.96. The normalized spacial score (nSPS) is 16.4. The van der Waals surface area contributed by atoms with E-state index in [0.717, 1.165) is 24.1 Å². The molecule has 0 saturated carbocycles. The lowest BCUT2D eigenvalue weighted by atomic mass is 10.0. The Balaban J connectivity index is 1.84. The molecule has 0 saturated heterocycles. The van der Waals surface area contributed by atoms with Gasteiger partial charge in [-0.25, -0.2) is 4.79 Å². The zero-order chi connectivity index (χ0) is 19.6. The fraction of sp³-hybridized carbons (Fsp3) is 0.350. The number of aliphatic hydroxyl groups is 1. The van der Waals surface area contributed by atoms with Crippen LogP contribution in [-0.4, -0.2) is 35.9 Å². The lowest BCUT2D eigenvalue weighted by Gasteiger charge is -2.37. The lowest BCUT2D eigenvalue weighted by molar-refractivity contribution is -0.130. The molecule has 1 aromatic carbocycles. The van der Waals surface area contributed by atoms with Gasteiger partial charge in [0.1, 0.15) is 0 Å². The summed E-state index contributed by atoms with van der Waals surface area (Å²) in [7, 11) is 1.48. The number of halogens is 1. The standard InChI is InChI=1S/C20H22ClNO4S/c1-12(2)19(23)26-17-10-13-11-22(9-8-16(13)27-17)18(20(24)25-3)14-6-4-5-7-15(14)21/h4-7,10,18,20,24H,1,8-9,11H2,2-3H3/t18-,20?/m0/s1. The molecule has 3 rings (SSSR count). The summed E-state index contributed by atoms with van der Waals surface area (Å²) in [5, 5.41) is 11.6. The van der Waals surface area contributed by atoms with E-state index in [9.17, 15) is 9.90 Å². The highest BCUT2D eigenvalue weighted by Crippen LogP contribution is 2.38. The molecule has 0 fully saturated rings. The third-order valence-electron chi connectivity index (χ3n) is 4.54. The second-order valence-electron chi connectivity index (χ2n) is 6.50. The van der Waals surface area contributed by atoms with Gasteiger partial charge in [-0.2, -0.15) is 0 Å². The van der Waals surface area contributed by atoms with Crippen molar-refractivity contribution < 1.29 is 19.4 Å². The highest BCUT2D eigenvalue weighted by atomic mass is 35.5. The largest absolute Gasteiger partial charge is 0.412 e. The zero-order valence-electron chi connectivity index (χ0n) is 15.3. The summed E-state index contributed by atoms with van der Waals surface area (Å²) in [6.07, 6.45) is -0.215. The molecule has 0 bridgehead atoms. The predicted molar refractivity (Wildman–Crippen MR) is 106 cm³/mol. The summed E-state index contributed by atoms with van der Waals surface area (Å²) in [4.78, 5) is 15.1. The Kier molecular flexibility index (Phi) is 6.34. The molecule has 1 N–H and O–H groups in total. The number of hydrogen-bond donors (Lipinski definition) is 1. The average molecular weight is 408 g/mol. The van der Waals surface area contributed by atoms with Crippen molar-refractivity contribution in [1.29, 1.82) is 0 Å². The summed E-state index contributed by atoms with van der Waals surface area (Å²) < 4.78 is 10.6. The first-order chi connectivity index (χ1) is 12.9. The summed E-state index contributed by atoms with van der Waals surface area (Å²) in [6.45, 7) is 6.57. The van der Waals surface area contributed by atoms with Crippen LogP contribution in [0, 0.1) is 0 Å². The van der Waals surface area contributed by atoms with E-state index in [1.54, 1.807) is 13.0 Å². The molecule has 2 atom stereocenters. The van der Waals surface area contributed by atoms with Crippen LogP contribution in [0.25, 0.3) is 0 Å². The highest BCUT2D eigenvalue weighted by Gasteiger charge is 2.32. The number of hydrogen-bond acceptors (Lipinski definition) is 6. The third-order valence-corrected chi connectivity index (χ3v) is 6.00. The van der Waals surface area contributed by atoms with E-state index in [1.165, 1.54) is 23.3 Å². The summed E-state index contributed by atoms with van der Waals surface area (Å²) in [5.74, 6) is -0.422. The van der Waals surface area contributed by atoms with Crippen molar-refractivity contribution >= 4 is 28.9 Å². The first-order valence-electron chi connectivity index (χ1n) is 8.59. The minimum Gasteiger partial charge on any atom is -0.412 e. The predicted octanol–water partition coefficient (Wildman–Crippen LogP) is 3.95. The van der Waals surface area contributed by atoms with Crippen LogP contribution in [0.1, 0.15) is 29.0 Å². The average Bonchev–Trinajstić information content (AvgIpc) is 3.04. The number of carbonyl (C=O) groups is 1. The number of aliphatic hydroxyl groups excluding tert-OH is 1. The Morgan fingerprint density at radius 3 is 2.81 bits per heavy atom. The van der Waals surface area contributed by atoms with Gasteiger partial charge in [-0.1, -0.05) is 36.4 Å². The van der Waals surface area contributed by atoms with Gasteiger partial charge in [0.05, 0.1) is 6.04 Å². The molecule has 1 aliphatic heterocycles. The molecule has 0 radical (unpaired) electrons. The van der Waals surface area contributed by atoms with Gasteiger partial charge < -0.3 is 14.6 Å². The molecular weight excluding hydrogens is 386 g/mol. The van der Waals surface area contributed by atoms with Gasteiger partial charge in [-0.3, -0.25) is 4.90 Å². The number of benzene rings is 1. The molecule has 144 valence electrons. The number of esters is 1. The van der Waals surface area contributed by atoms with Gasteiger partial charge in [0, 0.05) is 35.7 Å². The van der Waals surface area contributed by atoms with E-state index in [-0.39, 0.29) is 0 Å². The third kappa shape index (κ3) is 4.42. The molecule has 2 aromatic rings. The van der Waals surface area contributed by atoms with Crippen molar-refractivity contribution in [1.82, 2.24) is 4.90 Å². The van der Waals surface area contributed by atoms with E-state index in [0.29, 0.717) is 22.2 Å². The van der Waals surface area contributed by atoms with Gasteiger partial charge >= 0.3 is 5.97 Å². The van der Waals surface area contributed by atoms with Crippen LogP contribution in [0.15, 0.2) is 42.5 Å². The number of nitrogens with zero attached hydrogens (tertiary/aromatic N) is 1. The van der Waals surface area contributed by atoms with Gasteiger partial charge in [-0.05, 0) is 36.6 Å². The smallest absolute Gasteiger partial charge is 0.339 e. The van der Waals surface area contributed by atoms with E-state index in [1.807, 2.05) is 24.3 Å². The molecule has 0 amide bonds. The Labute approximate surface area is 167 Å². The minimum absolute atomic E-state index is 0.366. The van der Waals surface area contributed by atoms with Gasteiger partial charge in [0.25, 0.3) is 0 Å². The number of fused-ring (bicyclic) bond motifs is 1. The van der Waals surface area contributed by atoms with Crippen molar-refractivity contribution in [3.63, 3.8) is 0 Å². The first kappa shape index (κ1) is 20.0. The molecule has 1 aromatic heterocycles. The number of ether oxygens (including phenoxy) is 2. The van der Waals surface area contributed by atoms with Crippen molar-refractivity contribution in [3.05, 3.63) is 63.5 Å². The number of rotatable bonds is 6. The van der Waals surface area contributed by atoms with Crippen LogP contribution in [0.3, 0.4) is 0 Å². The molecule has 5 nitrogen and oxygen atoms in total. The first-order valence-corrected chi connectivity index (χ1v) is 9.78. The second-order valence-corrected chi connectivity index (χ2v) is 8.00. The maximum absolute atomic E-state index is 11.8. The zero-order valence-corrected chi connectivity index (χ0v) is 16.8. The van der Waals surface area contributed by atoms with Gasteiger partial charge in [-0.15, -0.1) is 11.3 Å². The molecule has 27 heavy (non-hydrogen) atoms. The lowest BCUT2D eigenvalue weighted by Crippen LogP contribution is -2.40. The van der Waals surface area contributed by atoms with Crippen molar-refractivity contribution in [2.24, 2.45) is 0 Å². The van der Waals surface area contributed by atoms with Crippen LogP contribution in [0.2, 0.25) is 5.02 Å². The van der Waals surface area contributed by atoms with Crippen LogP contribution < -0.4 is 4.74 Å². The molecule has 0 aliphatic carbocycles. The maximum atomic E-state index is 11.8. The van der Waals surface area contributed by atoms with Crippen LogP contribution >= 0.6 is 22.9 Å². The topological polar surface area (TPSA) is 59.0 Å². The number of methoxy groups -OCH3 is 1. The van der Waals surface area contributed by atoms with Crippen molar-refractivity contribution in [2.75, 3.05) is 13.7 Å². The van der Waals surface area contributed by atoms with E-state index < -0.39 is 18.3 Å². The Bertz CT molecular complexity index is 850. The molecule has 0 spiro atoms. The van der Waals surface area contributed by atoms with Crippen molar-refractivity contribution in [2.45, 2.75) is 32.2 Å². The van der Waals surface area contributed by atoms with Crippen LogP contribution in [0.4, 0.5) is 0 Å². The number of thiophene rings is 1. The summed E-state index contributed by atoms with van der Waals surface area (Å²) >= 11 is 7.85. The number of carbonyl (C=O) groups excluding carboxylic acids is 1. The van der Waals surface area contributed by atoms with Gasteiger partial charge in [0.2, 0.25) is 0 Å². The molecule has 2 heterocycles. The molecule has 1 aliphatic rings. The molecule has 7 heteroatoms. The van der Waals surface area contributed by atoms with Gasteiger partial charge in [0.15, 0.2) is 11.4 Å². The summed E-state index contributed by atoms with van der Waals surface area (Å²) in [5.41, 5.74) is 2.27. The minimum atomic E-state index is -1.01. The Hall–Kier alpha value is -1.70. The highest BCUT2D eigenvalue weighted by molar-refractivity contribution is 7.14. The van der Waals surface area contributed by atoms with E-state index in [4.69, 9.17) is 21.1 Å². The Morgan fingerprint density at radius 2 is 2.15 bits per heavy atom. The van der Waals surface area contributed by atoms with Crippen LogP contribution in [-0.2, 0) is 22.5 Å². The quantitative estimate of drug-likeness (QED) is 0.446. The van der Waals surface area contributed by atoms with Crippen LogP contribution in [0.5, 0.6) is 5.06 Å². The fourth-order valence-electron chi connectivity index (χ4n) is 3.17. The maximum Gasteiger partial charge on any atom is 0.339 e. The SMILES string of the molecule is C=C(C)C(=O)Oc1cc2c(s1)CCN([C@@H](c1ccccc1Cl)C(O)OC)C2. The molecular formula is C20H22ClNO4S. The second kappa shape index (κ2) is 8.54. The van der Waals surface area contributed by atoms with E-state index in [2.05, 4.69) is 11.5 Å². The fourth-order valence-corrected chi connectivity index (χ4v) is 4.43. The van der Waals surface area contributed by atoms with E-state index >= 15 is 0 Å².